The van der Waals surface area contributed by atoms with Gasteiger partial charge in [-0.1, -0.05) is 43.9 Å². The number of carbonyl (C=O) groups is 1. The van der Waals surface area contributed by atoms with Crippen molar-refractivity contribution in [1.82, 2.24) is 14.0 Å². The first kappa shape index (κ1) is 23.6. The van der Waals surface area contributed by atoms with E-state index < -0.39 is 5.97 Å². The lowest BCUT2D eigenvalue weighted by molar-refractivity contribution is 0.0697. The van der Waals surface area contributed by atoms with E-state index in [0.29, 0.717) is 11.5 Å². The number of hydrogen-bond donors (Lipinski definition) is 1. The summed E-state index contributed by atoms with van der Waals surface area (Å²) in [5.41, 5.74) is 7.82. The second-order valence-electron chi connectivity index (χ2n) is 10.6. The number of carboxylic acids is 1. The highest BCUT2D eigenvalue weighted by Crippen LogP contribution is 2.47. The maximum absolute atomic E-state index is 11.9. The minimum Gasteiger partial charge on any atom is -0.478 e. The molecule has 0 saturated heterocycles. The van der Waals surface area contributed by atoms with E-state index in [1.165, 1.54) is 65.4 Å². The van der Waals surface area contributed by atoms with Gasteiger partial charge in [0.25, 0.3) is 0 Å². The van der Waals surface area contributed by atoms with Gasteiger partial charge in [0.1, 0.15) is 0 Å². The van der Waals surface area contributed by atoms with Crippen LogP contribution >= 0.6 is 11.6 Å². The van der Waals surface area contributed by atoms with Crippen molar-refractivity contribution in [2.75, 3.05) is 13.6 Å². The first-order valence-electron chi connectivity index (χ1n) is 13.4. The Balaban J connectivity index is 1.69. The van der Waals surface area contributed by atoms with Crippen LogP contribution in [0.3, 0.4) is 0 Å². The number of aromatic carboxylic acids is 1. The lowest BCUT2D eigenvalue weighted by atomic mass is 9.81. The number of nitrogens with zero attached hydrogens (tertiary/aromatic N) is 3. The normalized spacial score (nSPS) is 16.4. The van der Waals surface area contributed by atoms with Crippen LogP contribution in [0, 0.1) is 0 Å². The number of aryl methyl sites for hydroxylation is 2. The number of rotatable bonds is 5. The highest BCUT2D eigenvalue weighted by atomic mass is 35.5. The molecule has 0 atom stereocenters. The van der Waals surface area contributed by atoms with Gasteiger partial charge in [0.2, 0.25) is 0 Å². The predicted molar refractivity (Wildman–Crippen MR) is 147 cm³/mol. The average Bonchev–Trinajstić information content (AvgIpc) is 3.39. The van der Waals surface area contributed by atoms with Crippen molar-refractivity contribution >= 4 is 39.4 Å². The van der Waals surface area contributed by atoms with Crippen LogP contribution in [0.5, 0.6) is 0 Å². The maximum Gasteiger partial charge on any atom is 0.335 e. The summed E-state index contributed by atoms with van der Waals surface area (Å²) < 4.78 is 4.84. The molecule has 1 aliphatic heterocycles. The molecule has 36 heavy (non-hydrogen) atoms. The van der Waals surface area contributed by atoms with Crippen molar-refractivity contribution in [2.45, 2.75) is 71.0 Å². The summed E-state index contributed by atoms with van der Waals surface area (Å²) in [4.78, 5) is 14.2. The SMILES string of the molecule is CCN(C)Cc1cn2c3c(ccc(Cl)c13)-c1c(C3CCCCC3)c3ccc(C(=O)O)cc3n1CCC2. The summed E-state index contributed by atoms with van der Waals surface area (Å²) >= 11 is 6.90. The maximum atomic E-state index is 11.9. The number of benzene rings is 2. The molecular formula is C30H34ClN3O2. The minimum absolute atomic E-state index is 0.356. The van der Waals surface area contributed by atoms with Crippen LogP contribution in [0.4, 0.5) is 0 Å². The molecule has 0 unspecified atom stereocenters. The third kappa shape index (κ3) is 3.75. The van der Waals surface area contributed by atoms with Crippen molar-refractivity contribution in [3.05, 3.63) is 58.2 Å². The molecule has 6 rings (SSSR count). The summed E-state index contributed by atoms with van der Waals surface area (Å²) in [7, 11) is 2.15. The van der Waals surface area contributed by atoms with Gasteiger partial charge < -0.3 is 19.1 Å². The topological polar surface area (TPSA) is 50.4 Å². The largest absolute Gasteiger partial charge is 0.478 e. The molecule has 188 valence electrons. The molecule has 1 saturated carbocycles. The summed E-state index contributed by atoms with van der Waals surface area (Å²) in [5.74, 6) is -0.377. The van der Waals surface area contributed by atoms with E-state index in [9.17, 15) is 9.90 Å². The molecule has 1 N–H and O–H groups in total. The van der Waals surface area contributed by atoms with Crippen LogP contribution < -0.4 is 0 Å². The van der Waals surface area contributed by atoms with Gasteiger partial charge in [0.15, 0.2) is 0 Å². The molecule has 4 aromatic rings. The molecule has 2 aromatic carbocycles. The fourth-order valence-electron chi connectivity index (χ4n) is 6.61. The lowest BCUT2D eigenvalue weighted by Crippen LogP contribution is -2.16. The van der Waals surface area contributed by atoms with Crippen LogP contribution in [0.1, 0.15) is 72.9 Å². The molecule has 1 fully saturated rings. The fraction of sp³-hybridized carbons (Fsp3) is 0.433. The number of halogens is 1. The highest BCUT2D eigenvalue weighted by molar-refractivity contribution is 6.36. The molecule has 6 heteroatoms. The minimum atomic E-state index is -0.870. The summed E-state index contributed by atoms with van der Waals surface area (Å²) in [6.07, 6.45) is 9.49. The first-order chi connectivity index (χ1) is 17.5. The second kappa shape index (κ2) is 9.28. The van der Waals surface area contributed by atoms with Gasteiger partial charge >= 0.3 is 5.97 Å². The number of hydrogen-bond acceptors (Lipinski definition) is 2. The Kier molecular flexibility index (Phi) is 6.09. The number of aromatic nitrogens is 2. The van der Waals surface area contributed by atoms with Crippen LogP contribution in [0.25, 0.3) is 33.1 Å². The first-order valence-corrected chi connectivity index (χ1v) is 13.7. The third-order valence-electron chi connectivity index (χ3n) is 8.43. The molecule has 0 spiro atoms. The lowest BCUT2D eigenvalue weighted by Gasteiger charge is -2.25. The van der Waals surface area contributed by atoms with Gasteiger partial charge in [-0.3, -0.25) is 0 Å². The molecular weight excluding hydrogens is 470 g/mol. The Labute approximate surface area is 217 Å². The Bertz CT molecular complexity index is 1480. The van der Waals surface area contributed by atoms with Crippen LogP contribution in [-0.4, -0.2) is 38.7 Å². The van der Waals surface area contributed by atoms with E-state index in [2.05, 4.69) is 52.4 Å². The van der Waals surface area contributed by atoms with Gasteiger partial charge in [0.05, 0.1) is 21.8 Å². The van der Waals surface area contributed by atoms with Crippen molar-refractivity contribution in [2.24, 2.45) is 0 Å². The number of carboxylic acid groups (broad SMARTS) is 1. The molecule has 1 aliphatic carbocycles. The standard InChI is InChI=1S/C30H34ClN3O2/c1-3-32(2)17-21-18-33-14-7-15-34-25-16-20(30(35)36)10-11-22(25)26(19-8-5-4-6-9-19)29(34)23-12-13-24(31)27(21)28(23)33/h10-13,16,18-19H,3-9,14-15,17H2,1-2H3,(H,35,36). The van der Waals surface area contributed by atoms with E-state index in [1.807, 2.05) is 6.07 Å². The van der Waals surface area contributed by atoms with E-state index >= 15 is 0 Å². The Morgan fingerprint density at radius 3 is 2.67 bits per heavy atom. The van der Waals surface area contributed by atoms with Crippen LogP contribution in [0.2, 0.25) is 5.02 Å². The van der Waals surface area contributed by atoms with E-state index in [4.69, 9.17) is 11.6 Å². The van der Waals surface area contributed by atoms with Crippen molar-refractivity contribution in [1.29, 1.82) is 0 Å². The van der Waals surface area contributed by atoms with Gasteiger partial charge in [-0.05, 0) is 74.2 Å². The molecule has 0 bridgehead atoms. The Morgan fingerprint density at radius 2 is 1.92 bits per heavy atom. The Hall–Kier alpha value is -2.76. The van der Waals surface area contributed by atoms with Gasteiger partial charge in [-0.2, -0.15) is 0 Å². The van der Waals surface area contributed by atoms with Gasteiger partial charge in [0, 0.05) is 47.7 Å². The van der Waals surface area contributed by atoms with E-state index in [1.54, 1.807) is 6.07 Å². The average molecular weight is 504 g/mol. The second-order valence-corrected chi connectivity index (χ2v) is 11.0. The summed E-state index contributed by atoms with van der Waals surface area (Å²) in [5, 5.41) is 12.9. The summed E-state index contributed by atoms with van der Waals surface area (Å²) in [6.45, 7) is 5.81. The molecule has 2 aliphatic rings. The molecule has 0 amide bonds. The quantitative estimate of drug-likeness (QED) is 0.306. The van der Waals surface area contributed by atoms with Crippen molar-refractivity contribution in [3.63, 3.8) is 0 Å². The number of fused-ring (bicyclic) bond motifs is 4. The third-order valence-corrected chi connectivity index (χ3v) is 8.74. The van der Waals surface area contributed by atoms with E-state index in [-0.39, 0.29) is 0 Å². The monoisotopic (exact) mass is 503 g/mol. The van der Waals surface area contributed by atoms with Gasteiger partial charge in [-0.15, -0.1) is 0 Å². The summed E-state index contributed by atoms with van der Waals surface area (Å²) in [6, 6.07) is 10.0. The van der Waals surface area contributed by atoms with Gasteiger partial charge in [-0.25, -0.2) is 4.79 Å². The zero-order valence-electron chi connectivity index (χ0n) is 21.2. The zero-order chi connectivity index (χ0) is 25.0. The van der Waals surface area contributed by atoms with Crippen LogP contribution in [-0.2, 0) is 19.6 Å². The zero-order valence-corrected chi connectivity index (χ0v) is 21.9. The molecule has 5 nitrogen and oxygen atoms in total. The molecule has 0 radical (unpaired) electrons. The smallest absolute Gasteiger partial charge is 0.335 e. The van der Waals surface area contributed by atoms with Crippen molar-refractivity contribution < 1.29 is 9.90 Å². The molecule has 3 heterocycles. The molecule has 2 aromatic heterocycles. The Morgan fingerprint density at radius 1 is 1.11 bits per heavy atom. The fourth-order valence-corrected chi connectivity index (χ4v) is 6.89. The highest BCUT2D eigenvalue weighted by Gasteiger charge is 2.30. The van der Waals surface area contributed by atoms with E-state index in [0.717, 1.165) is 48.5 Å². The van der Waals surface area contributed by atoms with Crippen LogP contribution in [0.15, 0.2) is 36.5 Å². The van der Waals surface area contributed by atoms with Crippen molar-refractivity contribution in [3.8, 4) is 11.3 Å². The predicted octanol–water partition coefficient (Wildman–Crippen LogP) is 7.52.